The molecule has 1 fully saturated rings. The average molecular weight is 333 g/mol. The highest BCUT2D eigenvalue weighted by Gasteiger charge is 2.25. The lowest BCUT2D eigenvalue weighted by Gasteiger charge is -2.37. The predicted molar refractivity (Wildman–Crippen MR) is 101 cm³/mol. The van der Waals surface area contributed by atoms with Gasteiger partial charge in [-0.2, -0.15) is 0 Å². The Morgan fingerprint density at radius 3 is 2.76 bits per heavy atom. The van der Waals surface area contributed by atoms with Crippen LogP contribution in [0.15, 0.2) is 49.1 Å². The van der Waals surface area contributed by atoms with Crippen molar-refractivity contribution in [3.63, 3.8) is 0 Å². The number of pyridine rings is 3. The molecular weight excluding hydrogens is 310 g/mol. The Kier molecular flexibility index (Phi) is 4.57. The highest BCUT2D eigenvalue weighted by Crippen LogP contribution is 2.33. The first kappa shape index (κ1) is 16.0. The molecule has 1 aliphatic heterocycles. The van der Waals surface area contributed by atoms with E-state index in [2.05, 4.69) is 27.0 Å². The van der Waals surface area contributed by atoms with E-state index in [1.165, 1.54) is 19.3 Å². The number of aromatic nitrogens is 3. The topological polar surface area (TPSA) is 67.9 Å². The maximum Gasteiger partial charge on any atom is 0.137 e. The average Bonchev–Trinajstić information content (AvgIpc) is 2.68. The molecule has 0 aromatic carbocycles. The summed E-state index contributed by atoms with van der Waals surface area (Å²) in [7, 11) is 0. The van der Waals surface area contributed by atoms with Gasteiger partial charge >= 0.3 is 0 Å². The zero-order valence-electron chi connectivity index (χ0n) is 14.3. The second kappa shape index (κ2) is 7.15. The molecule has 4 rings (SSSR count). The van der Waals surface area contributed by atoms with Gasteiger partial charge in [-0.15, -0.1) is 0 Å². The van der Waals surface area contributed by atoms with Crippen molar-refractivity contribution >= 4 is 16.6 Å². The zero-order chi connectivity index (χ0) is 17.1. The van der Waals surface area contributed by atoms with E-state index < -0.39 is 0 Å². The summed E-state index contributed by atoms with van der Waals surface area (Å²) >= 11 is 0. The quantitative estimate of drug-likeness (QED) is 0.792. The standard InChI is InChI=1S/C20H23N5/c21-8-4-17-3-1-2-12-25(17)20-18-7-11-23-14-16(18)13-19(24-20)15-5-9-22-10-6-15/h5-7,9-11,13-14,17H,1-4,8,12,21H2. The van der Waals surface area contributed by atoms with Gasteiger partial charge in [-0.05, 0) is 56.5 Å². The first-order chi connectivity index (χ1) is 12.4. The van der Waals surface area contributed by atoms with E-state index in [0.717, 1.165) is 40.8 Å². The molecule has 1 atom stereocenters. The normalized spacial score (nSPS) is 17.8. The first-order valence-electron chi connectivity index (χ1n) is 8.98. The molecular formula is C20H23N5. The Morgan fingerprint density at radius 1 is 1.08 bits per heavy atom. The van der Waals surface area contributed by atoms with Gasteiger partial charge in [0, 0.05) is 53.7 Å². The number of nitrogens with two attached hydrogens (primary N) is 1. The predicted octanol–water partition coefficient (Wildman–Crippen LogP) is 3.40. The van der Waals surface area contributed by atoms with Crippen LogP contribution >= 0.6 is 0 Å². The van der Waals surface area contributed by atoms with Crippen LogP contribution in [0, 0.1) is 0 Å². The SMILES string of the molecule is NCCC1CCCCN1c1nc(-c2ccncc2)cc2cnccc12. The van der Waals surface area contributed by atoms with Crippen LogP contribution in [0.5, 0.6) is 0 Å². The largest absolute Gasteiger partial charge is 0.353 e. The molecule has 4 heterocycles. The van der Waals surface area contributed by atoms with E-state index >= 15 is 0 Å². The monoisotopic (exact) mass is 333 g/mol. The molecule has 0 spiro atoms. The molecule has 25 heavy (non-hydrogen) atoms. The Morgan fingerprint density at radius 2 is 1.92 bits per heavy atom. The van der Waals surface area contributed by atoms with Gasteiger partial charge in [0.2, 0.25) is 0 Å². The molecule has 0 saturated carbocycles. The Labute approximate surface area is 147 Å². The van der Waals surface area contributed by atoms with Crippen LogP contribution in [-0.4, -0.2) is 34.1 Å². The van der Waals surface area contributed by atoms with Crippen LogP contribution in [-0.2, 0) is 0 Å². The minimum absolute atomic E-state index is 0.468. The Hall–Kier alpha value is -2.53. The first-order valence-corrected chi connectivity index (χ1v) is 8.98. The van der Waals surface area contributed by atoms with Crippen LogP contribution in [0.25, 0.3) is 22.0 Å². The minimum Gasteiger partial charge on any atom is -0.353 e. The van der Waals surface area contributed by atoms with Gasteiger partial charge in [0.1, 0.15) is 5.82 Å². The maximum absolute atomic E-state index is 5.87. The van der Waals surface area contributed by atoms with E-state index in [1.807, 2.05) is 36.9 Å². The van der Waals surface area contributed by atoms with Crippen LogP contribution in [0.4, 0.5) is 5.82 Å². The summed E-state index contributed by atoms with van der Waals surface area (Å²) in [6.45, 7) is 1.75. The molecule has 1 saturated heterocycles. The molecule has 0 amide bonds. The second-order valence-corrected chi connectivity index (χ2v) is 6.58. The van der Waals surface area contributed by atoms with Crippen LogP contribution in [0.3, 0.4) is 0 Å². The van der Waals surface area contributed by atoms with Gasteiger partial charge in [-0.3, -0.25) is 9.97 Å². The van der Waals surface area contributed by atoms with E-state index in [4.69, 9.17) is 10.7 Å². The molecule has 0 bridgehead atoms. The summed E-state index contributed by atoms with van der Waals surface area (Å²) in [5.74, 6) is 1.06. The van der Waals surface area contributed by atoms with E-state index in [9.17, 15) is 0 Å². The summed E-state index contributed by atoms with van der Waals surface area (Å²) in [6.07, 6.45) is 12.1. The fourth-order valence-electron chi connectivity index (χ4n) is 3.74. The van der Waals surface area contributed by atoms with E-state index in [0.29, 0.717) is 12.6 Å². The van der Waals surface area contributed by atoms with E-state index in [1.54, 1.807) is 0 Å². The van der Waals surface area contributed by atoms with Crippen LogP contribution in [0.1, 0.15) is 25.7 Å². The van der Waals surface area contributed by atoms with Crippen molar-refractivity contribution in [2.24, 2.45) is 5.73 Å². The van der Waals surface area contributed by atoms with Gasteiger partial charge in [-0.1, -0.05) is 0 Å². The van der Waals surface area contributed by atoms with Gasteiger partial charge in [0.25, 0.3) is 0 Å². The number of piperidine rings is 1. The third-order valence-electron chi connectivity index (χ3n) is 4.99. The van der Waals surface area contributed by atoms with Gasteiger partial charge < -0.3 is 10.6 Å². The van der Waals surface area contributed by atoms with E-state index in [-0.39, 0.29) is 0 Å². The second-order valence-electron chi connectivity index (χ2n) is 6.58. The third-order valence-corrected chi connectivity index (χ3v) is 4.99. The highest BCUT2D eigenvalue weighted by atomic mass is 15.2. The molecule has 128 valence electrons. The van der Waals surface area contributed by atoms with Crippen molar-refractivity contribution in [2.45, 2.75) is 31.7 Å². The molecule has 0 radical (unpaired) electrons. The van der Waals surface area contributed by atoms with Gasteiger partial charge in [0.15, 0.2) is 0 Å². The lowest BCUT2D eigenvalue weighted by Crippen LogP contribution is -2.41. The highest BCUT2D eigenvalue weighted by molar-refractivity contribution is 5.94. The number of rotatable bonds is 4. The summed E-state index contributed by atoms with van der Waals surface area (Å²) in [6, 6.07) is 8.66. The summed E-state index contributed by atoms with van der Waals surface area (Å²) in [5, 5.41) is 2.29. The number of hydrogen-bond donors (Lipinski definition) is 1. The molecule has 2 N–H and O–H groups in total. The lowest BCUT2D eigenvalue weighted by atomic mass is 9.98. The zero-order valence-corrected chi connectivity index (χ0v) is 14.3. The van der Waals surface area contributed by atoms with Gasteiger partial charge in [0.05, 0.1) is 5.69 Å². The summed E-state index contributed by atoms with van der Waals surface area (Å²) in [5.41, 5.74) is 7.91. The van der Waals surface area contributed by atoms with Gasteiger partial charge in [-0.25, -0.2) is 4.98 Å². The fourth-order valence-corrected chi connectivity index (χ4v) is 3.74. The maximum atomic E-state index is 5.87. The van der Waals surface area contributed by atoms with Crippen molar-refractivity contribution in [1.82, 2.24) is 15.0 Å². The van der Waals surface area contributed by atoms with Crippen molar-refractivity contribution in [1.29, 1.82) is 0 Å². The number of hydrogen-bond acceptors (Lipinski definition) is 5. The lowest BCUT2D eigenvalue weighted by molar-refractivity contribution is 0.440. The Bertz CT molecular complexity index is 847. The minimum atomic E-state index is 0.468. The van der Waals surface area contributed by atoms with Crippen LogP contribution in [0.2, 0.25) is 0 Å². The molecule has 3 aromatic heterocycles. The summed E-state index contributed by atoms with van der Waals surface area (Å²) < 4.78 is 0. The molecule has 5 heteroatoms. The molecule has 3 aromatic rings. The third kappa shape index (κ3) is 3.20. The van der Waals surface area contributed by atoms with Crippen molar-refractivity contribution in [2.75, 3.05) is 18.0 Å². The molecule has 1 aliphatic rings. The molecule has 1 unspecified atom stereocenters. The van der Waals surface area contributed by atoms with Crippen LogP contribution < -0.4 is 10.6 Å². The molecule has 5 nitrogen and oxygen atoms in total. The van der Waals surface area contributed by atoms with Crippen molar-refractivity contribution in [3.05, 3.63) is 49.1 Å². The Balaban J connectivity index is 1.86. The number of fused-ring (bicyclic) bond motifs is 1. The number of nitrogens with zero attached hydrogens (tertiary/aromatic N) is 4. The van der Waals surface area contributed by atoms with Crippen molar-refractivity contribution in [3.8, 4) is 11.3 Å². The number of anilines is 1. The smallest absolute Gasteiger partial charge is 0.137 e. The molecule has 0 aliphatic carbocycles. The summed E-state index contributed by atoms with van der Waals surface area (Å²) in [4.78, 5) is 15.9. The van der Waals surface area contributed by atoms with Crippen molar-refractivity contribution < 1.29 is 0 Å². The fraction of sp³-hybridized carbons (Fsp3) is 0.350.